The number of nitrogens with one attached hydrogen (secondary N) is 1. The summed E-state index contributed by atoms with van der Waals surface area (Å²) in [5.74, 6) is 1.58. The zero-order valence-electron chi connectivity index (χ0n) is 7.84. The predicted molar refractivity (Wildman–Crippen MR) is 50.1 cm³/mol. The van der Waals surface area contributed by atoms with Gasteiger partial charge in [0.2, 0.25) is 0 Å². The minimum atomic E-state index is 0.530. The first-order valence-corrected chi connectivity index (χ1v) is 4.62. The quantitative estimate of drug-likeness (QED) is 0.695. The van der Waals surface area contributed by atoms with Gasteiger partial charge in [0.25, 0.3) is 0 Å². The van der Waals surface area contributed by atoms with Crippen molar-refractivity contribution in [1.29, 1.82) is 0 Å². The van der Waals surface area contributed by atoms with E-state index in [1.54, 1.807) is 12.5 Å². The maximum atomic E-state index is 5.35. The summed E-state index contributed by atoms with van der Waals surface area (Å²) in [5.41, 5.74) is 0. The number of ether oxygens (including phenoxy) is 1. The van der Waals surface area contributed by atoms with Gasteiger partial charge in [-0.05, 0) is 6.42 Å². The Kier molecular flexibility index (Phi) is 3.71. The molecule has 0 aromatic heterocycles. The number of rotatable bonds is 4. The highest BCUT2D eigenvalue weighted by molar-refractivity contribution is 5.03. The van der Waals surface area contributed by atoms with Crippen LogP contribution in [-0.2, 0) is 4.74 Å². The molecular weight excluding hydrogens is 150 g/mol. The van der Waals surface area contributed by atoms with Gasteiger partial charge in [-0.3, -0.25) is 0 Å². The maximum Gasteiger partial charge on any atom is 0.122 e. The molecule has 1 rings (SSSR count). The lowest BCUT2D eigenvalue weighted by Crippen LogP contribution is -2.09. The van der Waals surface area contributed by atoms with E-state index in [2.05, 4.69) is 19.2 Å². The fourth-order valence-electron chi connectivity index (χ4n) is 1.23. The third-order valence-electron chi connectivity index (χ3n) is 2.07. The lowest BCUT2D eigenvalue weighted by atomic mass is 10.0. The van der Waals surface area contributed by atoms with Gasteiger partial charge in [0.05, 0.1) is 0 Å². The first kappa shape index (κ1) is 9.17. The van der Waals surface area contributed by atoms with E-state index in [4.69, 9.17) is 4.74 Å². The van der Waals surface area contributed by atoms with Gasteiger partial charge in [-0.2, -0.15) is 0 Å². The van der Waals surface area contributed by atoms with Crippen LogP contribution in [0.25, 0.3) is 0 Å². The van der Waals surface area contributed by atoms with Crippen molar-refractivity contribution in [2.45, 2.75) is 33.1 Å². The third kappa shape index (κ3) is 2.61. The average Bonchev–Trinajstić information content (AvgIpc) is 2.15. The molecule has 0 saturated carbocycles. The van der Waals surface area contributed by atoms with E-state index in [-0.39, 0.29) is 0 Å². The molecule has 0 amide bonds. The van der Waals surface area contributed by atoms with Gasteiger partial charge in [0.1, 0.15) is 12.0 Å². The van der Waals surface area contributed by atoms with Gasteiger partial charge in [-0.25, -0.2) is 0 Å². The lowest BCUT2D eigenvalue weighted by Gasteiger charge is -2.16. The molecule has 0 aliphatic carbocycles. The first-order valence-electron chi connectivity index (χ1n) is 4.62. The lowest BCUT2D eigenvalue weighted by molar-refractivity contribution is 0.276. The normalized spacial score (nSPS) is 17.7. The molecule has 1 aliphatic rings. The van der Waals surface area contributed by atoms with E-state index in [1.165, 1.54) is 19.3 Å². The Morgan fingerprint density at radius 2 is 2.42 bits per heavy atom. The minimum Gasteiger partial charge on any atom is -0.466 e. The number of allylic oxidation sites excluding steroid dienone is 1. The van der Waals surface area contributed by atoms with Gasteiger partial charge in [0, 0.05) is 18.3 Å². The van der Waals surface area contributed by atoms with Crippen LogP contribution in [0.4, 0.5) is 0 Å². The number of hydrogen-bond donors (Lipinski definition) is 1. The Balaban J connectivity index is 2.30. The van der Waals surface area contributed by atoms with Gasteiger partial charge in [-0.1, -0.05) is 26.7 Å². The van der Waals surface area contributed by atoms with Crippen molar-refractivity contribution in [1.82, 2.24) is 5.32 Å². The monoisotopic (exact) mass is 167 g/mol. The highest BCUT2D eigenvalue weighted by Crippen LogP contribution is 2.19. The summed E-state index contributed by atoms with van der Waals surface area (Å²) in [6.45, 7) is 4.41. The first-order chi connectivity index (χ1) is 5.84. The van der Waals surface area contributed by atoms with Crippen LogP contribution in [-0.4, -0.2) is 0 Å². The average molecular weight is 167 g/mol. The molecule has 1 aliphatic heterocycles. The molecule has 0 fully saturated rings. The summed E-state index contributed by atoms with van der Waals surface area (Å²) in [6.07, 6.45) is 9.14. The Bertz CT molecular complexity index is 184. The molecule has 0 spiro atoms. The van der Waals surface area contributed by atoms with Crippen LogP contribution in [0.5, 0.6) is 0 Å². The fourth-order valence-corrected chi connectivity index (χ4v) is 1.23. The molecule has 68 valence electrons. The molecule has 0 radical (unpaired) electrons. The van der Waals surface area contributed by atoms with Crippen LogP contribution in [0, 0.1) is 5.92 Å². The van der Waals surface area contributed by atoms with Crippen molar-refractivity contribution in [2.75, 3.05) is 0 Å². The second-order valence-corrected chi connectivity index (χ2v) is 3.18. The predicted octanol–water partition coefficient (Wildman–Crippen LogP) is 2.75. The van der Waals surface area contributed by atoms with Gasteiger partial charge in [0.15, 0.2) is 0 Å². The van der Waals surface area contributed by atoms with Crippen molar-refractivity contribution in [3.8, 4) is 0 Å². The Morgan fingerprint density at radius 3 is 3.00 bits per heavy atom. The molecule has 1 heterocycles. The fraction of sp³-hybridized carbons (Fsp3) is 0.600. The number of unbranched alkanes of at least 4 members (excludes halogenated alkanes) is 1. The van der Waals surface area contributed by atoms with E-state index in [0.29, 0.717) is 5.92 Å². The van der Waals surface area contributed by atoms with E-state index in [9.17, 15) is 0 Å². The van der Waals surface area contributed by atoms with E-state index in [1.807, 2.05) is 6.20 Å². The van der Waals surface area contributed by atoms with Crippen LogP contribution in [0.15, 0.2) is 24.4 Å². The highest BCUT2D eigenvalue weighted by atomic mass is 16.5. The summed E-state index contributed by atoms with van der Waals surface area (Å²) in [4.78, 5) is 0. The van der Waals surface area contributed by atoms with Crippen LogP contribution in [0.3, 0.4) is 0 Å². The molecule has 12 heavy (non-hydrogen) atoms. The molecule has 0 aromatic rings. The van der Waals surface area contributed by atoms with E-state index < -0.39 is 0 Å². The zero-order chi connectivity index (χ0) is 8.81. The Morgan fingerprint density at radius 1 is 1.58 bits per heavy atom. The minimum absolute atomic E-state index is 0.530. The molecule has 0 aromatic carbocycles. The number of hydrogen-bond acceptors (Lipinski definition) is 2. The summed E-state index contributed by atoms with van der Waals surface area (Å²) >= 11 is 0. The second kappa shape index (κ2) is 4.86. The highest BCUT2D eigenvalue weighted by Gasteiger charge is 2.09. The third-order valence-corrected chi connectivity index (χ3v) is 2.07. The van der Waals surface area contributed by atoms with E-state index >= 15 is 0 Å². The van der Waals surface area contributed by atoms with Crippen molar-refractivity contribution in [3.63, 3.8) is 0 Å². The molecule has 1 N–H and O–H groups in total. The summed E-state index contributed by atoms with van der Waals surface area (Å²) < 4.78 is 5.35. The maximum absolute atomic E-state index is 5.35. The van der Waals surface area contributed by atoms with Crippen molar-refractivity contribution < 1.29 is 4.74 Å². The largest absolute Gasteiger partial charge is 0.466 e. The van der Waals surface area contributed by atoms with Crippen LogP contribution in [0.2, 0.25) is 0 Å². The van der Waals surface area contributed by atoms with Crippen molar-refractivity contribution >= 4 is 0 Å². The van der Waals surface area contributed by atoms with Crippen LogP contribution in [0.1, 0.15) is 33.1 Å². The molecule has 1 unspecified atom stereocenters. The summed E-state index contributed by atoms with van der Waals surface area (Å²) in [5, 5.41) is 3.02. The van der Waals surface area contributed by atoms with Crippen molar-refractivity contribution in [3.05, 3.63) is 24.4 Å². The van der Waals surface area contributed by atoms with Crippen LogP contribution >= 0.6 is 0 Å². The Labute approximate surface area is 74.3 Å². The van der Waals surface area contributed by atoms with E-state index in [0.717, 1.165) is 5.76 Å². The van der Waals surface area contributed by atoms with Gasteiger partial charge in [-0.15, -0.1) is 0 Å². The Hall–Kier alpha value is -0.920. The molecule has 2 heteroatoms. The van der Waals surface area contributed by atoms with Gasteiger partial charge < -0.3 is 10.1 Å². The molecule has 0 saturated heterocycles. The zero-order valence-corrected chi connectivity index (χ0v) is 7.84. The smallest absolute Gasteiger partial charge is 0.122 e. The SMILES string of the molecule is CCCCC(C)C1=CNC=CO1. The molecule has 2 nitrogen and oxygen atoms in total. The second-order valence-electron chi connectivity index (χ2n) is 3.18. The molecular formula is C10H17NO. The topological polar surface area (TPSA) is 21.3 Å². The standard InChI is InChI=1S/C10H17NO/c1-3-4-5-9(2)10-8-11-6-7-12-10/h6-9,11H,3-5H2,1-2H3. The summed E-state index contributed by atoms with van der Waals surface area (Å²) in [7, 11) is 0. The molecule has 0 bridgehead atoms. The summed E-state index contributed by atoms with van der Waals surface area (Å²) in [6, 6.07) is 0. The molecule has 1 atom stereocenters. The van der Waals surface area contributed by atoms with Crippen LogP contribution < -0.4 is 5.32 Å². The van der Waals surface area contributed by atoms with Gasteiger partial charge >= 0.3 is 0 Å². The van der Waals surface area contributed by atoms with Crippen molar-refractivity contribution in [2.24, 2.45) is 5.92 Å².